The van der Waals surface area contributed by atoms with Gasteiger partial charge in [-0.05, 0) is 27.3 Å². The van der Waals surface area contributed by atoms with Gasteiger partial charge in [0, 0.05) is 12.5 Å². The summed E-state index contributed by atoms with van der Waals surface area (Å²) in [5, 5.41) is 2.83. The van der Waals surface area contributed by atoms with Crippen LogP contribution in [0.2, 0.25) is 0 Å². The molecule has 0 saturated heterocycles. The van der Waals surface area contributed by atoms with E-state index >= 15 is 0 Å². The van der Waals surface area contributed by atoms with Gasteiger partial charge < -0.3 is 5.32 Å². The van der Waals surface area contributed by atoms with E-state index in [1.807, 2.05) is 19.9 Å². The Balaban J connectivity index is 3.94. The van der Waals surface area contributed by atoms with Crippen molar-refractivity contribution in [3.8, 4) is 0 Å². The highest BCUT2D eigenvalue weighted by Gasteiger charge is 2.27. The maximum Gasteiger partial charge on any atom is 0.389 e. The van der Waals surface area contributed by atoms with Gasteiger partial charge in [0.05, 0.1) is 0 Å². The van der Waals surface area contributed by atoms with Crippen LogP contribution in [0, 0.1) is 0 Å². The summed E-state index contributed by atoms with van der Waals surface area (Å²) in [7, 11) is 1.67. The third-order valence-electron chi connectivity index (χ3n) is 1.64. The van der Waals surface area contributed by atoms with Crippen LogP contribution in [0.25, 0.3) is 0 Å². The summed E-state index contributed by atoms with van der Waals surface area (Å²) in [6.45, 7) is 3.75. The number of allylic oxidation sites excluding steroid dienone is 1. The van der Waals surface area contributed by atoms with Gasteiger partial charge in [-0.15, -0.1) is 0 Å². The molecule has 13 heavy (non-hydrogen) atoms. The van der Waals surface area contributed by atoms with Crippen LogP contribution in [0.3, 0.4) is 0 Å². The Morgan fingerprint density at radius 2 is 1.92 bits per heavy atom. The summed E-state index contributed by atoms with van der Waals surface area (Å²) >= 11 is 0. The molecule has 1 unspecified atom stereocenters. The van der Waals surface area contributed by atoms with Crippen LogP contribution in [-0.2, 0) is 0 Å². The SMILES string of the molecule is CNC(C=C(C)C)CCC(F)(F)F. The quantitative estimate of drug-likeness (QED) is 0.680. The molecule has 0 aliphatic heterocycles. The first-order valence-electron chi connectivity index (χ1n) is 4.24. The molecule has 0 aliphatic rings. The van der Waals surface area contributed by atoms with E-state index in [0.29, 0.717) is 0 Å². The van der Waals surface area contributed by atoms with Gasteiger partial charge in [-0.1, -0.05) is 11.6 Å². The monoisotopic (exact) mass is 195 g/mol. The van der Waals surface area contributed by atoms with Crippen LogP contribution in [0.5, 0.6) is 0 Å². The van der Waals surface area contributed by atoms with Gasteiger partial charge in [-0.3, -0.25) is 0 Å². The first kappa shape index (κ1) is 12.5. The summed E-state index contributed by atoms with van der Waals surface area (Å²) in [5.41, 5.74) is 1.03. The zero-order valence-corrected chi connectivity index (χ0v) is 8.20. The van der Waals surface area contributed by atoms with Crippen LogP contribution < -0.4 is 5.32 Å². The van der Waals surface area contributed by atoms with Crippen LogP contribution >= 0.6 is 0 Å². The molecule has 0 aromatic carbocycles. The number of nitrogens with one attached hydrogen (secondary N) is 1. The second-order valence-electron chi connectivity index (χ2n) is 3.29. The molecular weight excluding hydrogens is 179 g/mol. The molecule has 0 aromatic rings. The van der Waals surface area contributed by atoms with Crippen molar-refractivity contribution in [3.05, 3.63) is 11.6 Å². The third-order valence-corrected chi connectivity index (χ3v) is 1.64. The molecule has 0 amide bonds. The van der Waals surface area contributed by atoms with E-state index in [9.17, 15) is 13.2 Å². The molecule has 0 aromatic heterocycles. The smallest absolute Gasteiger partial charge is 0.314 e. The van der Waals surface area contributed by atoms with Crippen LogP contribution in [0.1, 0.15) is 26.7 Å². The van der Waals surface area contributed by atoms with Crippen molar-refractivity contribution in [1.29, 1.82) is 0 Å². The topological polar surface area (TPSA) is 12.0 Å². The molecule has 0 heterocycles. The molecule has 0 radical (unpaired) electrons. The van der Waals surface area contributed by atoms with Crippen LogP contribution in [0.15, 0.2) is 11.6 Å². The fourth-order valence-corrected chi connectivity index (χ4v) is 1.03. The fourth-order valence-electron chi connectivity index (χ4n) is 1.03. The average Bonchev–Trinajstić information content (AvgIpc) is 1.95. The Hall–Kier alpha value is -0.510. The van der Waals surface area contributed by atoms with Crippen molar-refractivity contribution < 1.29 is 13.2 Å². The van der Waals surface area contributed by atoms with Crippen LogP contribution in [-0.4, -0.2) is 19.3 Å². The second kappa shape index (κ2) is 5.27. The van der Waals surface area contributed by atoms with Crippen molar-refractivity contribution in [3.63, 3.8) is 0 Å². The first-order chi connectivity index (χ1) is 5.85. The van der Waals surface area contributed by atoms with Gasteiger partial charge in [0.1, 0.15) is 0 Å². The number of hydrogen-bond donors (Lipinski definition) is 1. The maximum absolute atomic E-state index is 11.8. The Morgan fingerprint density at radius 3 is 2.23 bits per heavy atom. The molecule has 0 aliphatic carbocycles. The van der Waals surface area contributed by atoms with Crippen molar-refractivity contribution in [2.75, 3.05) is 7.05 Å². The van der Waals surface area contributed by atoms with Crippen molar-refractivity contribution >= 4 is 0 Å². The van der Waals surface area contributed by atoms with E-state index in [0.717, 1.165) is 5.57 Å². The predicted molar refractivity (Wildman–Crippen MR) is 47.6 cm³/mol. The Morgan fingerprint density at radius 1 is 1.38 bits per heavy atom. The van der Waals surface area contributed by atoms with E-state index in [1.165, 1.54) is 0 Å². The van der Waals surface area contributed by atoms with Crippen molar-refractivity contribution in [2.45, 2.75) is 38.9 Å². The Bertz CT molecular complexity index is 168. The van der Waals surface area contributed by atoms with Gasteiger partial charge in [-0.25, -0.2) is 0 Å². The summed E-state index contributed by atoms with van der Waals surface area (Å²) in [6, 6.07) is -0.174. The standard InChI is InChI=1S/C9H16F3N/c1-7(2)6-8(13-3)4-5-9(10,11)12/h6,8,13H,4-5H2,1-3H3. The van der Waals surface area contributed by atoms with Gasteiger partial charge in [-0.2, -0.15) is 13.2 Å². The lowest BCUT2D eigenvalue weighted by atomic mass is 10.1. The van der Waals surface area contributed by atoms with Crippen LogP contribution in [0.4, 0.5) is 13.2 Å². The molecule has 1 atom stereocenters. The number of likely N-dealkylation sites (N-methyl/N-ethyl adjacent to an activating group) is 1. The minimum atomic E-state index is -4.05. The first-order valence-corrected chi connectivity index (χ1v) is 4.24. The number of alkyl halides is 3. The highest BCUT2D eigenvalue weighted by molar-refractivity contribution is 5.00. The lowest BCUT2D eigenvalue weighted by Gasteiger charge is -2.13. The second-order valence-corrected chi connectivity index (χ2v) is 3.29. The molecular formula is C9H16F3N. The highest BCUT2D eigenvalue weighted by atomic mass is 19.4. The molecule has 4 heteroatoms. The molecule has 0 saturated carbocycles. The van der Waals surface area contributed by atoms with E-state index in [4.69, 9.17) is 0 Å². The zero-order valence-electron chi connectivity index (χ0n) is 8.20. The van der Waals surface area contributed by atoms with E-state index in [-0.39, 0.29) is 12.5 Å². The number of hydrogen-bond acceptors (Lipinski definition) is 1. The average molecular weight is 195 g/mol. The molecule has 78 valence electrons. The maximum atomic E-state index is 11.8. The van der Waals surface area contributed by atoms with Crippen molar-refractivity contribution in [1.82, 2.24) is 5.32 Å². The van der Waals surface area contributed by atoms with Gasteiger partial charge >= 0.3 is 6.18 Å². The normalized spacial score (nSPS) is 14.0. The predicted octanol–water partition coefficient (Wildman–Crippen LogP) is 2.88. The molecule has 0 bridgehead atoms. The molecule has 0 spiro atoms. The lowest BCUT2D eigenvalue weighted by Crippen LogP contribution is -2.25. The zero-order chi connectivity index (χ0) is 10.5. The third kappa shape index (κ3) is 7.84. The Kier molecular flexibility index (Phi) is 5.06. The number of rotatable bonds is 4. The minimum Gasteiger partial charge on any atom is -0.314 e. The van der Waals surface area contributed by atoms with E-state index in [2.05, 4.69) is 5.32 Å². The molecule has 1 nitrogen and oxygen atoms in total. The van der Waals surface area contributed by atoms with E-state index < -0.39 is 12.6 Å². The molecule has 0 fully saturated rings. The minimum absolute atomic E-state index is 0.102. The summed E-state index contributed by atoms with van der Waals surface area (Å²) in [6.07, 6.45) is -2.87. The molecule has 0 rings (SSSR count). The van der Waals surface area contributed by atoms with E-state index in [1.54, 1.807) is 7.05 Å². The van der Waals surface area contributed by atoms with Gasteiger partial charge in [0.15, 0.2) is 0 Å². The fraction of sp³-hybridized carbons (Fsp3) is 0.778. The summed E-state index contributed by atoms with van der Waals surface area (Å²) in [4.78, 5) is 0. The van der Waals surface area contributed by atoms with Gasteiger partial charge in [0.2, 0.25) is 0 Å². The molecule has 1 N–H and O–H groups in total. The highest BCUT2D eigenvalue weighted by Crippen LogP contribution is 2.22. The van der Waals surface area contributed by atoms with Gasteiger partial charge in [0.25, 0.3) is 0 Å². The number of halogens is 3. The van der Waals surface area contributed by atoms with Crippen molar-refractivity contribution in [2.24, 2.45) is 0 Å². The largest absolute Gasteiger partial charge is 0.389 e. The lowest BCUT2D eigenvalue weighted by molar-refractivity contribution is -0.136. The Labute approximate surface area is 77.0 Å². The summed E-state index contributed by atoms with van der Waals surface area (Å²) < 4.78 is 35.5. The summed E-state index contributed by atoms with van der Waals surface area (Å²) in [5.74, 6) is 0.